The van der Waals surface area contributed by atoms with E-state index in [4.69, 9.17) is 0 Å². The fourth-order valence-electron chi connectivity index (χ4n) is 2.04. The van der Waals surface area contributed by atoms with Gasteiger partial charge >= 0.3 is 0 Å². The average Bonchev–Trinajstić information content (AvgIpc) is 2.71. The van der Waals surface area contributed by atoms with E-state index in [0.29, 0.717) is 11.1 Å². The van der Waals surface area contributed by atoms with E-state index in [1.54, 1.807) is 0 Å². The summed E-state index contributed by atoms with van der Waals surface area (Å²) in [4.78, 5) is 12.7. The summed E-state index contributed by atoms with van der Waals surface area (Å²) in [5.41, 5.74) is 0.654. The molecule has 2 heterocycles. The second-order valence-corrected chi connectivity index (χ2v) is 6.87. The lowest BCUT2D eigenvalue weighted by Gasteiger charge is -2.05. The molecule has 0 amide bonds. The Kier molecular flexibility index (Phi) is 3.18. The number of rotatable bonds is 1. The van der Waals surface area contributed by atoms with Gasteiger partial charge in [-0.1, -0.05) is 0 Å². The largest absolute Gasteiger partial charge is 0.272 e. The van der Waals surface area contributed by atoms with Crippen LogP contribution in [0.2, 0.25) is 0 Å². The summed E-state index contributed by atoms with van der Waals surface area (Å²) in [6.45, 7) is 1.89. The average molecular weight is 357 g/mol. The molecule has 2 aromatic heterocycles. The maximum Gasteiger partial charge on any atom is 0.272 e. The van der Waals surface area contributed by atoms with Crippen LogP contribution in [0.15, 0.2) is 26.8 Å². The highest BCUT2D eigenvalue weighted by atomic mass is 79.9. The number of halogens is 3. The number of hydrogen-bond donors (Lipinski definition) is 1. The molecule has 0 saturated heterocycles. The monoisotopic (exact) mass is 356 g/mol. The van der Waals surface area contributed by atoms with E-state index in [2.05, 4.69) is 26.1 Å². The fraction of sp³-hybridized carbons (Fsp3) is 0.0769. The molecule has 7 heteroatoms. The molecule has 0 fully saturated rings. The zero-order valence-electron chi connectivity index (χ0n) is 10.1. The molecule has 3 rings (SSSR count). The summed E-state index contributed by atoms with van der Waals surface area (Å²) >= 11 is 4.87. The van der Waals surface area contributed by atoms with Gasteiger partial charge in [-0.15, -0.1) is 11.3 Å². The molecule has 20 heavy (non-hydrogen) atoms. The molecule has 0 atom stereocenters. The van der Waals surface area contributed by atoms with Crippen LogP contribution in [-0.2, 0) is 0 Å². The van der Waals surface area contributed by atoms with Crippen LogP contribution in [0.25, 0.3) is 22.0 Å². The van der Waals surface area contributed by atoms with Crippen molar-refractivity contribution in [1.82, 2.24) is 10.2 Å². The van der Waals surface area contributed by atoms with Crippen LogP contribution < -0.4 is 5.56 Å². The van der Waals surface area contributed by atoms with Crippen LogP contribution in [0.1, 0.15) is 4.88 Å². The summed E-state index contributed by atoms with van der Waals surface area (Å²) in [5.74, 6) is -2.05. The first kappa shape index (κ1) is 13.4. The van der Waals surface area contributed by atoms with E-state index in [1.165, 1.54) is 11.3 Å². The van der Waals surface area contributed by atoms with Gasteiger partial charge in [-0.25, -0.2) is 13.9 Å². The van der Waals surface area contributed by atoms with Gasteiger partial charge in [-0.05, 0) is 41.1 Å². The van der Waals surface area contributed by atoms with Gasteiger partial charge in [-0.2, -0.15) is 5.10 Å². The van der Waals surface area contributed by atoms with Crippen molar-refractivity contribution in [1.29, 1.82) is 0 Å². The molecule has 1 N–H and O–H groups in total. The maximum absolute atomic E-state index is 13.5. The van der Waals surface area contributed by atoms with Crippen LogP contribution in [0.5, 0.6) is 0 Å². The van der Waals surface area contributed by atoms with Crippen LogP contribution in [0, 0.1) is 18.6 Å². The van der Waals surface area contributed by atoms with Crippen molar-refractivity contribution in [3.8, 4) is 11.3 Å². The van der Waals surface area contributed by atoms with E-state index >= 15 is 0 Å². The highest BCUT2D eigenvalue weighted by Crippen LogP contribution is 2.35. The second-order valence-electron chi connectivity index (χ2n) is 4.23. The molecule has 3 aromatic rings. The number of nitrogens with zero attached hydrogens (tertiary/aromatic N) is 1. The van der Waals surface area contributed by atoms with E-state index in [9.17, 15) is 13.6 Å². The Morgan fingerprint density at radius 2 is 1.85 bits per heavy atom. The van der Waals surface area contributed by atoms with Gasteiger partial charge in [-0.3, -0.25) is 4.79 Å². The molecule has 0 bridgehead atoms. The third-order valence-corrected chi connectivity index (χ3v) is 4.53. The molecular weight excluding hydrogens is 350 g/mol. The van der Waals surface area contributed by atoms with E-state index in [-0.39, 0.29) is 5.39 Å². The van der Waals surface area contributed by atoms with Gasteiger partial charge in [0, 0.05) is 15.8 Å². The number of benzene rings is 1. The molecule has 0 spiro atoms. The van der Waals surface area contributed by atoms with Crippen molar-refractivity contribution in [3.05, 3.63) is 48.9 Å². The number of thiophene rings is 1. The van der Waals surface area contributed by atoms with Crippen LogP contribution >= 0.6 is 27.3 Å². The third kappa shape index (κ3) is 2.06. The van der Waals surface area contributed by atoms with Crippen molar-refractivity contribution in [2.45, 2.75) is 6.92 Å². The Balaban J connectivity index is 2.43. The number of aryl methyl sites for hydroxylation is 1. The van der Waals surface area contributed by atoms with Gasteiger partial charge in [0.05, 0.1) is 14.9 Å². The Bertz CT molecular complexity index is 888. The fourth-order valence-corrected chi connectivity index (χ4v) is 3.74. The lowest BCUT2D eigenvalue weighted by atomic mass is 10.1. The molecule has 0 aliphatic heterocycles. The van der Waals surface area contributed by atoms with Crippen molar-refractivity contribution in [2.75, 3.05) is 0 Å². The summed E-state index contributed by atoms with van der Waals surface area (Å²) < 4.78 is 27.6. The SMILES string of the molecule is Cc1sc(Br)cc1-c1n[nH]c(=O)c2cc(F)c(F)cc12. The molecule has 102 valence electrons. The molecule has 0 radical (unpaired) electrons. The number of nitrogens with one attached hydrogen (secondary N) is 1. The standard InChI is InChI=1S/C13H7BrF2N2OS/c1-5-6(4-11(14)20-5)12-7-2-9(15)10(16)3-8(7)13(19)18-17-12/h2-4H,1H3,(H,18,19). The summed E-state index contributed by atoms with van der Waals surface area (Å²) in [6.07, 6.45) is 0. The van der Waals surface area contributed by atoms with Crippen molar-refractivity contribution < 1.29 is 8.78 Å². The van der Waals surface area contributed by atoms with Gasteiger partial charge in [0.2, 0.25) is 0 Å². The highest BCUT2D eigenvalue weighted by Gasteiger charge is 2.16. The zero-order valence-corrected chi connectivity index (χ0v) is 12.5. The first-order valence-electron chi connectivity index (χ1n) is 5.61. The predicted molar refractivity (Wildman–Crippen MR) is 78.0 cm³/mol. The number of hydrogen-bond acceptors (Lipinski definition) is 3. The predicted octanol–water partition coefficient (Wildman–Crippen LogP) is 4.00. The molecular formula is C13H7BrF2N2OS. The van der Waals surface area contributed by atoms with Gasteiger partial charge in [0.15, 0.2) is 11.6 Å². The number of fused-ring (bicyclic) bond motifs is 1. The molecule has 0 unspecified atom stereocenters. The molecule has 3 nitrogen and oxygen atoms in total. The first-order chi connectivity index (χ1) is 9.47. The first-order valence-corrected chi connectivity index (χ1v) is 7.22. The van der Waals surface area contributed by atoms with E-state index in [0.717, 1.165) is 26.4 Å². The summed E-state index contributed by atoms with van der Waals surface area (Å²) in [6, 6.07) is 3.74. The quantitative estimate of drug-likeness (QED) is 0.716. The Morgan fingerprint density at radius 1 is 1.20 bits per heavy atom. The smallest absolute Gasteiger partial charge is 0.267 e. The topological polar surface area (TPSA) is 45.8 Å². The maximum atomic E-state index is 13.5. The zero-order chi connectivity index (χ0) is 14.4. The molecule has 0 aliphatic carbocycles. The number of aromatic amines is 1. The van der Waals surface area contributed by atoms with Gasteiger partial charge < -0.3 is 0 Å². The lowest BCUT2D eigenvalue weighted by Crippen LogP contribution is -2.10. The van der Waals surface area contributed by atoms with Crippen LogP contribution in [0.3, 0.4) is 0 Å². The van der Waals surface area contributed by atoms with E-state index < -0.39 is 17.2 Å². The second kappa shape index (κ2) is 4.75. The van der Waals surface area contributed by atoms with Crippen molar-refractivity contribution >= 4 is 38.0 Å². The summed E-state index contributed by atoms with van der Waals surface area (Å²) in [7, 11) is 0. The molecule has 0 saturated carbocycles. The Morgan fingerprint density at radius 3 is 2.45 bits per heavy atom. The third-order valence-electron chi connectivity index (χ3n) is 2.97. The number of H-pyrrole nitrogens is 1. The van der Waals surface area contributed by atoms with E-state index in [1.807, 2.05) is 13.0 Å². The van der Waals surface area contributed by atoms with Crippen LogP contribution in [-0.4, -0.2) is 10.2 Å². The van der Waals surface area contributed by atoms with Crippen molar-refractivity contribution in [2.24, 2.45) is 0 Å². The number of aromatic nitrogens is 2. The Hall–Kier alpha value is -1.60. The van der Waals surface area contributed by atoms with Gasteiger partial charge in [0.25, 0.3) is 5.56 Å². The minimum atomic E-state index is -1.05. The lowest BCUT2D eigenvalue weighted by molar-refractivity contribution is 0.511. The normalized spacial score (nSPS) is 11.2. The van der Waals surface area contributed by atoms with Crippen LogP contribution in [0.4, 0.5) is 8.78 Å². The highest BCUT2D eigenvalue weighted by molar-refractivity contribution is 9.11. The molecule has 1 aromatic carbocycles. The summed E-state index contributed by atoms with van der Waals surface area (Å²) in [5, 5.41) is 6.67. The van der Waals surface area contributed by atoms with Gasteiger partial charge in [0.1, 0.15) is 0 Å². The Labute approximate surface area is 124 Å². The van der Waals surface area contributed by atoms with Crippen molar-refractivity contribution in [3.63, 3.8) is 0 Å². The minimum absolute atomic E-state index is 0.0793. The molecule has 0 aliphatic rings. The minimum Gasteiger partial charge on any atom is -0.267 e.